The summed E-state index contributed by atoms with van der Waals surface area (Å²) in [5.41, 5.74) is 16.0. The van der Waals surface area contributed by atoms with Crippen LogP contribution >= 0.6 is 0 Å². The zero-order valence-corrected chi connectivity index (χ0v) is 44.7. The van der Waals surface area contributed by atoms with Crippen LogP contribution in [-0.4, -0.2) is 108 Å². The van der Waals surface area contributed by atoms with Gasteiger partial charge in [-0.15, -0.1) is 0 Å². The van der Waals surface area contributed by atoms with Gasteiger partial charge in [-0.2, -0.15) is 0 Å². The number of aromatic carboxylic acids is 2. The Labute approximate surface area is 445 Å². The van der Waals surface area contributed by atoms with E-state index in [1.165, 1.54) is 96.6 Å². The van der Waals surface area contributed by atoms with Crippen molar-refractivity contribution >= 4 is 61.5 Å². The number of para-hydroxylation sites is 2. The number of hydrogen-bond donors (Lipinski definition) is 2. The molecule has 1 saturated heterocycles. The van der Waals surface area contributed by atoms with Crippen LogP contribution in [-0.2, 0) is 37.4 Å². The third kappa shape index (κ3) is 8.36. The Morgan fingerprint density at radius 1 is 0.592 bits per heavy atom. The zero-order valence-electron chi connectivity index (χ0n) is 44.7. The average Bonchev–Trinajstić information content (AvgIpc) is 4.33. The Balaban J connectivity index is 0.915. The van der Waals surface area contributed by atoms with Crippen molar-refractivity contribution in [2.45, 2.75) is 134 Å². The number of benzene rings is 4. The smallest absolute Gasteiger partial charge is 0.335 e. The maximum Gasteiger partial charge on any atom is 0.335 e. The number of hydrogen-bond acceptors (Lipinski definition) is 5. The Bertz CT molecular complexity index is 3590. The van der Waals surface area contributed by atoms with Crippen LogP contribution in [0, 0.1) is 5.92 Å². The van der Waals surface area contributed by atoms with Crippen molar-refractivity contribution in [3.8, 4) is 22.5 Å². The van der Waals surface area contributed by atoms with Crippen molar-refractivity contribution in [1.82, 2.24) is 33.0 Å². The number of carboxylic acid groups (broad SMARTS) is 2. The molecule has 5 aliphatic rings. The van der Waals surface area contributed by atoms with Crippen molar-refractivity contribution < 1.29 is 24.6 Å². The Morgan fingerprint density at radius 3 is 1.82 bits per heavy atom. The van der Waals surface area contributed by atoms with Gasteiger partial charge in [-0.1, -0.05) is 67.8 Å². The number of nitrogens with zero attached hydrogens (tertiary/aromatic N) is 7. The van der Waals surface area contributed by atoms with E-state index in [0.717, 1.165) is 134 Å². The minimum atomic E-state index is -0.894. The monoisotopic (exact) mass is 1020 g/mol. The van der Waals surface area contributed by atoms with Crippen LogP contribution in [0.25, 0.3) is 66.1 Å². The van der Waals surface area contributed by atoms with E-state index in [-0.39, 0.29) is 11.9 Å². The molecule has 4 aromatic heterocycles. The summed E-state index contributed by atoms with van der Waals surface area (Å²) in [7, 11) is 4.30. The molecule has 0 spiro atoms. The van der Waals surface area contributed by atoms with Gasteiger partial charge in [-0.25, -0.2) is 9.59 Å². The Hall–Kier alpha value is -6.63. The fourth-order valence-corrected chi connectivity index (χ4v) is 15.3. The molecule has 2 aliphatic carbocycles. The highest BCUT2D eigenvalue weighted by Gasteiger charge is 2.38. The van der Waals surface area contributed by atoms with Crippen LogP contribution in [0.2, 0.25) is 0 Å². The van der Waals surface area contributed by atoms with Crippen molar-refractivity contribution in [3.05, 3.63) is 119 Å². The second kappa shape index (κ2) is 19.7. The highest BCUT2D eigenvalue weighted by atomic mass is 16.4. The number of carboxylic acids is 2. The molecule has 3 fully saturated rings. The summed E-state index contributed by atoms with van der Waals surface area (Å²) >= 11 is 0. The molecule has 12 heteroatoms. The molecule has 8 aromatic rings. The lowest BCUT2D eigenvalue weighted by atomic mass is 9.74. The highest BCUT2D eigenvalue weighted by molar-refractivity contribution is 6.05. The van der Waals surface area contributed by atoms with Gasteiger partial charge in [0, 0.05) is 121 Å². The molecule has 7 heterocycles. The maximum atomic E-state index is 12.7. The number of carbonyl (C=O) groups is 3. The predicted molar refractivity (Wildman–Crippen MR) is 303 cm³/mol. The van der Waals surface area contributed by atoms with E-state index >= 15 is 0 Å². The largest absolute Gasteiger partial charge is 0.478 e. The second-order valence-electron chi connectivity index (χ2n) is 23.6. The van der Waals surface area contributed by atoms with E-state index in [2.05, 4.69) is 103 Å². The fraction of sp³-hybridized carbons (Fsp3) is 0.453. The minimum Gasteiger partial charge on any atom is -0.478 e. The lowest BCUT2D eigenvalue weighted by Crippen LogP contribution is -2.47. The molecule has 1 atom stereocenters. The van der Waals surface area contributed by atoms with Gasteiger partial charge in [0.05, 0.1) is 33.5 Å². The Kier molecular flexibility index (Phi) is 12.7. The van der Waals surface area contributed by atoms with Gasteiger partial charge in [0.2, 0.25) is 5.91 Å². The first-order valence-electron chi connectivity index (χ1n) is 28.7. The first-order valence-corrected chi connectivity index (χ1v) is 28.7. The molecule has 0 radical (unpaired) electrons. The highest BCUT2D eigenvalue weighted by Crippen LogP contribution is 2.53. The summed E-state index contributed by atoms with van der Waals surface area (Å²) in [5.74, 6) is -0.523. The number of aryl methyl sites for hydroxylation is 4. The topological polar surface area (TPSA) is 121 Å². The third-order valence-corrected chi connectivity index (χ3v) is 18.9. The van der Waals surface area contributed by atoms with Gasteiger partial charge in [0.15, 0.2) is 0 Å². The van der Waals surface area contributed by atoms with E-state index in [1.807, 2.05) is 29.2 Å². The number of carbonyl (C=O) groups excluding carboxylic acids is 1. The number of amides is 1. The SMILES string of the molecule is CC(=O)N1CCN(Cc2cn3c4c(cccc24)-c2c(C4CCCCC4)c4ccc(C(=O)O)cc4n2CCC3C2CCC(c3c4n(c5cc(C(=O)O)ccc35)CCCn3cc(CCCN(C)C)c5cccc-4c53)CC2)CC1. The molecule has 2 saturated carbocycles. The molecular weight excluding hydrogens is 947 g/mol. The van der Waals surface area contributed by atoms with Gasteiger partial charge in [-0.05, 0) is 149 Å². The fourth-order valence-electron chi connectivity index (χ4n) is 15.3. The van der Waals surface area contributed by atoms with Crippen molar-refractivity contribution in [2.75, 3.05) is 46.8 Å². The summed E-state index contributed by atoms with van der Waals surface area (Å²) in [6, 6.07) is 25.8. The molecule has 394 valence electrons. The van der Waals surface area contributed by atoms with E-state index in [9.17, 15) is 24.6 Å². The van der Waals surface area contributed by atoms with Gasteiger partial charge < -0.3 is 38.3 Å². The van der Waals surface area contributed by atoms with E-state index in [0.29, 0.717) is 28.9 Å². The number of rotatable bonds is 11. The number of piperazine rings is 1. The van der Waals surface area contributed by atoms with Crippen molar-refractivity contribution in [2.24, 2.45) is 5.92 Å². The third-order valence-electron chi connectivity index (χ3n) is 18.9. The lowest BCUT2D eigenvalue weighted by Gasteiger charge is -2.37. The molecule has 1 unspecified atom stereocenters. The van der Waals surface area contributed by atoms with Crippen LogP contribution in [0.1, 0.15) is 145 Å². The zero-order chi connectivity index (χ0) is 51.9. The Morgan fingerprint density at radius 2 is 1.20 bits per heavy atom. The van der Waals surface area contributed by atoms with Gasteiger partial charge >= 0.3 is 11.9 Å². The van der Waals surface area contributed by atoms with Crippen LogP contribution in [0.15, 0.2) is 85.2 Å². The van der Waals surface area contributed by atoms with Gasteiger partial charge in [-0.3, -0.25) is 9.69 Å². The average molecular weight is 1020 g/mol. The van der Waals surface area contributed by atoms with E-state index < -0.39 is 11.9 Å². The summed E-state index contributed by atoms with van der Waals surface area (Å²) in [5, 5.41) is 25.7. The van der Waals surface area contributed by atoms with E-state index in [4.69, 9.17) is 0 Å². The summed E-state index contributed by atoms with van der Waals surface area (Å²) in [6.45, 7) is 9.26. The molecule has 76 heavy (non-hydrogen) atoms. The summed E-state index contributed by atoms with van der Waals surface area (Å²) < 4.78 is 10.3. The van der Waals surface area contributed by atoms with Gasteiger partial charge in [0.1, 0.15) is 0 Å². The second-order valence-corrected chi connectivity index (χ2v) is 23.6. The van der Waals surface area contributed by atoms with E-state index in [1.54, 1.807) is 6.92 Å². The number of aromatic nitrogens is 4. The molecule has 0 bridgehead atoms. The molecule has 12 nitrogen and oxygen atoms in total. The van der Waals surface area contributed by atoms with Crippen molar-refractivity contribution in [1.29, 1.82) is 0 Å². The molecule has 2 N–H and O–H groups in total. The minimum absolute atomic E-state index is 0.146. The van der Waals surface area contributed by atoms with Crippen LogP contribution in [0.5, 0.6) is 0 Å². The van der Waals surface area contributed by atoms with Crippen LogP contribution < -0.4 is 0 Å². The first-order chi connectivity index (χ1) is 37.0. The lowest BCUT2D eigenvalue weighted by molar-refractivity contribution is -0.130. The summed E-state index contributed by atoms with van der Waals surface area (Å²) in [6.07, 6.45) is 19.1. The predicted octanol–water partition coefficient (Wildman–Crippen LogP) is 12.8. The molecule has 1 amide bonds. The quantitative estimate of drug-likeness (QED) is 0.132. The van der Waals surface area contributed by atoms with Crippen molar-refractivity contribution in [3.63, 3.8) is 0 Å². The summed E-state index contributed by atoms with van der Waals surface area (Å²) in [4.78, 5) is 44.4. The van der Waals surface area contributed by atoms with Gasteiger partial charge in [0.25, 0.3) is 0 Å². The normalized spacial score (nSPS) is 20.5. The van der Waals surface area contributed by atoms with Crippen LogP contribution in [0.4, 0.5) is 0 Å². The molecular formula is C64H73N7O5. The standard InChI is InChI=1S/C64H73N7O5/c1-40(72)67-33-31-66(32-34-67)37-47-39-71-54(26-30-70-56-36-45(64(75)76)23-25-51(56)57(42-11-5-4-6-12-42)62(70)53-17-8-15-49(47)60(53)71)41-18-20-43(21-19-41)58-50-24-22-44(63(73)74)35-55(50)69-29-10-28-68-38-46(13-9-27-65(2)3)48-14-7-16-52(59(48)68)61(58)69/h7-8,14-17,22-25,35-36,38-39,41-43,54H,4-6,9-13,18-21,26-34,37H2,1-3H3,(H,73,74)(H,75,76). The number of fused-ring (bicyclic) bond motifs is 8. The van der Waals surface area contributed by atoms with Crippen LogP contribution in [0.3, 0.4) is 0 Å². The molecule has 4 aromatic carbocycles. The molecule has 3 aliphatic heterocycles. The first kappa shape index (κ1) is 49.0. The molecule has 13 rings (SSSR count). The maximum absolute atomic E-state index is 12.7.